The molecule has 38 heavy (non-hydrogen) atoms. The monoisotopic (exact) mass is 565 g/mol. The number of nitrogens with zero attached hydrogens (tertiary/aromatic N) is 2. The topological polar surface area (TPSA) is 99.5 Å². The number of carbonyl (C=O) groups excluding carboxylic acids is 3. The highest BCUT2D eigenvalue weighted by Gasteiger charge is 2.40. The van der Waals surface area contributed by atoms with E-state index >= 15 is 0 Å². The number of hydrogen-bond donors (Lipinski definition) is 1. The number of nitriles is 1. The molecule has 1 aliphatic rings. The molecule has 1 aliphatic heterocycles. The summed E-state index contributed by atoms with van der Waals surface area (Å²) in [6.45, 7) is 2.01. The number of nitrogens with one attached hydrogen (secondary N) is 1. The maximum absolute atomic E-state index is 13.6. The summed E-state index contributed by atoms with van der Waals surface area (Å²) in [5, 5.41) is 12.8. The molecule has 10 heteroatoms. The molecule has 3 aromatic carbocycles. The number of amides is 2. The van der Waals surface area contributed by atoms with E-state index < -0.39 is 17.1 Å². The predicted octanol–water partition coefficient (Wildman–Crippen LogP) is 6.24. The van der Waals surface area contributed by atoms with Gasteiger partial charge in [0, 0.05) is 10.7 Å². The third kappa shape index (κ3) is 6.03. The molecule has 0 radical (unpaired) electrons. The zero-order chi connectivity index (χ0) is 27.2. The number of carbonyl (C=O) groups is 3. The Morgan fingerprint density at radius 2 is 1.79 bits per heavy atom. The molecule has 7 nitrogen and oxygen atoms in total. The number of hydrogen-bond acceptors (Lipinski definition) is 6. The smallest absolute Gasteiger partial charge is 0.338 e. The summed E-state index contributed by atoms with van der Waals surface area (Å²) in [6.07, 6.45) is 0.319. The van der Waals surface area contributed by atoms with Gasteiger partial charge in [0.05, 0.1) is 28.1 Å². The zero-order valence-corrected chi connectivity index (χ0v) is 22.4. The van der Waals surface area contributed by atoms with Crippen molar-refractivity contribution < 1.29 is 19.1 Å². The predicted molar refractivity (Wildman–Crippen MR) is 149 cm³/mol. The van der Waals surface area contributed by atoms with Gasteiger partial charge in [-0.05, 0) is 61.4 Å². The summed E-state index contributed by atoms with van der Waals surface area (Å²) < 4.78 is 5.02. The summed E-state index contributed by atoms with van der Waals surface area (Å²) in [7, 11) is 0. The van der Waals surface area contributed by atoms with Gasteiger partial charge in [0.2, 0.25) is 5.91 Å². The lowest BCUT2D eigenvalue weighted by Gasteiger charge is -2.18. The van der Waals surface area contributed by atoms with E-state index in [1.165, 1.54) is 17.0 Å². The highest BCUT2D eigenvalue weighted by Crippen LogP contribution is 2.42. The highest BCUT2D eigenvalue weighted by atomic mass is 35.5. The van der Waals surface area contributed by atoms with E-state index in [4.69, 9.17) is 27.9 Å². The molecular formula is C28H21Cl2N3O4S. The number of anilines is 2. The highest BCUT2D eigenvalue weighted by molar-refractivity contribution is 8.05. The van der Waals surface area contributed by atoms with Crippen LogP contribution in [0.5, 0.6) is 0 Å². The summed E-state index contributed by atoms with van der Waals surface area (Å²) in [4.78, 5) is 40.2. The first-order valence-corrected chi connectivity index (χ1v) is 13.2. The van der Waals surface area contributed by atoms with Gasteiger partial charge >= 0.3 is 5.97 Å². The second-order valence-electron chi connectivity index (χ2n) is 8.11. The molecule has 0 aliphatic carbocycles. The summed E-state index contributed by atoms with van der Waals surface area (Å²) in [5.41, 5.74) is 1.77. The Kier molecular flexibility index (Phi) is 8.74. The Morgan fingerprint density at radius 3 is 2.45 bits per heavy atom. The van der Waals surface area contributed by atoms with Crippen LogP contribution in [0.3, 0.4) is 0 Å². The quantitative estimate of drug-likeness (QED) is 0.207. The van der Waals surface area contributed by atoms with Crippen LogP contribution in [0.25, 0.3) is 0 Å². The largest absolute Gasteiger partial charge is 0.462 e. The van der Waals surface area contributed by atoms with Gasteiger partial charge in [0.25, 0.3) is 5.91 Å². The lowest BCUT2D eigenvalue weighted by molar-refractivity contribution is -0.117. The van der Waals surface area contributed by atoms with E-state index in [0.717, 1.165) is 17.3 Å². The summed E-state index contributed by atoms with van der Waals surface area (Å²) in [6, 6.07) is 22.2. The second-order valence-corrected chi connectivity index (χ2v) is 10.1. The van der Waals surface area contributed by atoms with Crippen molar-refractivity contribution in [1.82, 2.24) is 0 Å². The Hall–Kier alpha value is -3.77. The van der Waals surface area contributed by atoms with Crippen molar-refractivity contribution in [3.63, 3.8) is 0 Å². The molecule has 0 spiro atoms. The lowest BCUT2D eigenvalue weighted by atomic mass is 10.1. The zero-order valence-electron chi connectivity index (χ0n) is 20.1. The van der Waals surface area contributed by atoms with Crippen LogP contribution in [0.15, 0.2) is 83.4 Å². The normalized spacial score (nSPS) is 16.1. The molecule has 0 aromatic heterocycles. The molecule has 1 N–H and O–H groups in total. The fourth-order valence-electron chi connectivity index (χ4n) is 3.78. The van der Waals surface area contributed by atoms with Crippen LogP contribution in [0.2, 0.25) is 10.0 Å². The van der Waals surface area contributed by atoms with Crippen LogP contribution in [-0.4, -0.2) is 29.6 Å². The maximum Gasteiger partial charge on any atom is 0.338 e. The van der Waals surface area contributed by atoms with Crippen molar-refractivity contribution in [3.05, 3.63) is 105 Å². The Labute approximate surface area is 234 Å². The van der Waals surface area contributed by atoms with Crippen LogP contribution in [0, 0.1) is 11.3 Å². The molecule has 1 heterocycles. The van der Waals surface area contributed by atoms with Crippen molar-refractivity contribution in [1.29, 1.82) is 5.26 Å². The molecule has 0 bridgehead atoms. The fourth-order valence-corrected chi connectivity index (χ4v) is 5.43. The number of ether oxygens (including phenoxy) is 1. The van der Waals surface area contributed by atoms with Crippen molar-refractivity contribution in [3.8, 4) is 6.07 Å². The lowest BCUT2D eigenvalue weighted by Crippen LogP contribution is -2.30. The molecule has 1 atom stereocenters. The van der Waals surface area contributed by atoms with Crippen molar-refractivity contribution in [2.45, 2.75) is 18.6 Å². The minimum Gasteiger partial charge on any atom is -0.462 e. The van der Waals surface area contributed by atoms with E-state index in [-0.39, 0.29) is 33.8 Å². The van der Waals surface area contributed by atoms with Crippen LogP contribution in [-0.2, 0) is 20.7 Å². The van der Waals surface area contributed by atoms with E-state index in [0.29, 0.717) is 22.7 Å². The van der Waals surface area contributed by atoms with Crippen molar-refractivity contribution in [2.24, 2.45) is 0 Å². The number of esters is 1. The SMILES string of the molecule is CCOC(=O)c1ccc(C[C@H]2S/C(=C(/C#N)C(=O)Nc3cc(Cl)ccc3Cl)N(c3ccccc3)C2=O)cc1. The van der Waals surface area contributed by atoms with Crippen LogP contribution in [0.1, 0.15) is 22.8 Å². The van der Waals surface area contributed by atoms with E-state index in [9.17, 15) is 19.6 Å². The molecule has 3 aromatic rings. The molecule has 1 saturated heterocycles. The standard InChI is InChI=1S/C28H21Cl2N3O4S/c1-2-37-28(36)18-10-8-17(9-11-18)14-24-26(35)33(20-6-4-3-5-7-20)27(38-24)21(16-31)25(34)32-23-15-19(29)12-13-22(23)30/h3-13,15,24H,2,14H2,1H3,(H,32,34)/b27-21-/t24-/m1/s1. The van der Waals surface area contributed by atoms with E-state index in [1.807, 2.05) is 12.1 Å². The second kappa shape index (κ2) is 12.2. The molecular weight excluding hydrogens is 545 g/mol. The maximum atomic E-state index is 13.6. The number of thioether (sulfide) groups is 1. The minimum absolute atomic E-state index is 0.215. The van der Waals surface area contributed by atoms with Gasteiger partial charge in [-0.1, -0.05) is 65.3 Å². The van der Waals surface area contributed by atoms with Gasteiger partial charge in [0.15, 0.2) is 0 Å². The van der Waals surface area contributed by atoms with Crippen LogP contribution in [0.4, 0.5) is 11.4 Å². The van der Waals surface area contributed by atoms with Gasteiger partial charge in [-0.3, -0.25) is 14.5 Å². The fraction of sp³-hybridized carbons (Fsp3) is 0.143. The Morgan fingerprint density at radius 1 is 1.08 bits per heavy atom. The van der Waals surface area contributed by atoms with Crippen LogP contribution >= 0.6 is 35.0 Å². The van der Waals surface area contributed by atoms with Crippen molar-refractivity contribution in [2.75, 3.05) is 16.8 Å². The molecule has 4 rings (SSSR count). The first-order chi connectivity index (χ1) is 18.3. The molecule has 192 valence electrons. The van der Waals surface area contributed by atoms with E-state index in [1.54, 1.807) is 61.5 Å². The molecule has 1 fully saturated rings. The Balaban J connectivity index is 1.66. The van der Waals surface area contributed by atoms with Crippen LogP contribution < -0.4 is 10.2 Å². The minimum atomic E-state index is -0.715. The summed E-state index contributed by atoms with van der Waals surface area (Å²) in [5.74, 6) is -1.41. The summed E-state index contributed by atoms with van der Waals surface area (Å²) >= 11 is 13.4. The number of benzene rings is 3. The van der Waals surface area contributed by atoms with Gasteiger partial charge in [-0.15, -0.1) is 0 Å². The molecule has 2 amide bonds. The average Bonchev–Trinajstić information content (AvgIpc) is 3.22. The average molecular weight is 566 g/mol. The number of rotatable bonds is 7. The molecule has 0 saturated carbocycles. The van der Waals surface area contributed by atoms with E-state index in [2.05, 4.69) is 5.32 Å². The van der Waals surface area contributed by atoms with Gasteiger partial charge in [-0.2, -0.15) is 5.26 Å². The van der Waals surface area contributed by atoms with Gasteiger partial charge < -0.3 is 10.1 Å². The van der Waals surface area contributed by atoms with Gasteiger partial charge in [0.1, 0.15) is 16.7 Å². The number of halogens is 2. The number of para-hydroxylation sites is 1. The third-order valence-corrected chi connectivity index (χ3v) is 7.41. The van der Waals surface area contributed by atoms with Gasteiger partial charge in [-0.25, -0.2) is 4.79 Å². The first kappa shape index (κ1) is 27.3. The Bertz CT molecular complexity index is 1450. The van der Waals surface area contributed by atoms with Crippen molar-refractivity contribution >= 4 is 64.1 Å². The first-order valence-electron chi connectivity index (χ1n) is 11.5. The molecule has 0 unspecified atom stereocenters. The third-order valence-electron chi connectivity index (χ3n) is 5.58.